The molecule has 5 nitrogen and oxygen atoms in total. The summed E-state index contributed by atoms with van der Waals surface area (Å²) in [6.07, 6.45) is 8.65. The molecule has 1 aromatic heterocycles. The first-order chi connectivity index (χ1) is 16.4. The van der Waals surface area contributed by atoms with Gasteiger partial charge in [-0.05, 0) is 87.1 Å². The summed E-state index contributed by atoms with van der Waals surface area (Å²) in [5, 5.41) is 6.80. The van der Waals surface area contributed by atoms with Gasteiger partial charge in [-0.25, -0.2) is 4.98 Å². The first-order valence-corrected chi connectivity index (χ1v) is 13.1. The maximum atomic E-state index is 12.8. The first-order valence-electron chi connectivity index (χ1n) is 12.7. The fourth-order valence-electron chi connectivity index (χ4n) is 5.07. The van der Waals surface area contributed by atoms with Crippen LogP contribution in [0.15, 0.2) is 42.5 Å². The van der Waals surface area contributed by atoms with Crippen molar-refractivity contribution in [3.63, 3.8) is 0 Å². The van der Waals surface area contributed by atoms with Crippen LogP contribution >= 0.6 is 11.6 Å². The maximum Gasteiger partial charge on any atom is 0.230 e. The lowest BCUT2D eigenvalue weighted by Gasteiger charge is -2.28. The van der Waals surface area contributed by atoms with E-state index in [0.717, 1.165) is 56.3 Å². The number of rotatable bonds is 9. The van der Waals surface area contributed by atoms with Crippen molar-refractivity contribution < 1.29 is 9.59 Å². The van der Waals surface area contributed by atoms with E-state index in [0.29, 0.717) is 22.7 Å². The van der Waals surface area contributed by atoms with Gasteiger partial charge in [-0.15, -0.1) is 0 Å². The summed E-state index contributed by atoms with van der Waals surface area (Å²) in [5.74, 6) is 1.93. The van der Waals surface area contributed by atoms with E-state index in [4.69, 9.17) is 16.6 Å². The summed E-state index contributed by atoms with van der Waals surface area (Å²) in [6, 6.07) is 13.6. The Morgan fingerprint density at radius 2 is 1.76 bits per heavy atom. The van der Waals surface area contributed by atoms with Gasteiger partial charge in [0.2, 0.25) is 11.8 Å². The molecule has 6 heteroatoms. The topological polar surface area (TPSA) is 71.1 Å². The molecule has 34 heavy (non-hydrogen) atoms. The molecular weight excluding hydrogens is 446 g/mol. The predicted molar refractivity (Wildman–Crippen MR) is 137 cm³/mol. The van der Waals surface area contributed by atoms with Gasteiger partial charge in [-0.2, -0.15) is 0 Å². The minimum atomic E-state index is -0.334. The lowest BCUT2D eigenvalue weighted by atomic mass is 9.78. The molecule has 0 spiro atoms. The summed E-state index contributed by atoms with van der Waals surface area (Å²) in [6.45, 7) is 4.51. The molecule has 2 saturated carbocycles. The molecule has 182 valence electrons. The number of amides is 2. The van der Waals surface area contributed by atoms with Gasteiger partial charge in [0.1, 0.15) is 5.82 Å². The minimum Gasteiger partial charge on any atom is -0.355 e. The van der Waals surface area contributed by atoms with Crippen LogP contribution in [0.3, 0.4) is 0 Å². The van der Waals surface area contributed by atoms with Crippen molar-refractivity contribution in [1.82, 2.24) is 10.3 Å². The highest BCUT2D eigenvalue weighted by atomic mass is 35.5. The Hall–Kier alpha value is -2.40. The Labute approximate surface area is 208 Å². The smallest absolute Gasteiger partial charge is 0.230 e. The van der Waals surface area contributed by atoms with Crippen molar-refractivity contribution in [3.05, 3.63) is 58.7 Å². The number of carbonyl (C=O) groups is 2. The largest absolute Gasteiger partial charge is 0.355 e. The van der Waals surface area contributed by atoms with Crippen molar-refractivity contribution in [1.29, 1.82) is 0 Å². The summed E-state index contributed by atoms with van der Waals surface area (Å²) >= 11 is 6.00. The molecule has 4 rings (SSSR count). The lowest BCUT2D eigenvalue weighted by molar-refractivity contribution is -0.123. The Morgan fingerprint density at radius 1 is 1.06 bits per heavy atom. The van der Waals surface area contributed by atoms with E-state index in [9.17, 15) is 9.59 Å². The molecule has 2 aromatic rings. The normalized spacial score (nSPS) is 21.2. The maximum absolute atomic E-state index is 12.8. The van der Waals surface area contributed by atoms with Gasteiger partial charge in [-0.3, -0.25) is 9.59 Å². The van der Waals surface area contributed by atoms with Crippen LogP contribution in [0.2, 0.25) is 5.02 Å². The van der Waals surface area contributed by atoms with Crippen molar-refractivity contribution in [2.24, 2.45) is 11.8 Å². The number of pyridine rings is 1. The molecule has 2 fully saturated rings. The molecule has 1 aromatic carbocycles. The zero-order chi connectivity index (χ0) is 24.1. The molecule has 2 N–H and O–H groups in total. The molecule has 2 aliphatic rings. The van der Waals surface area contributed by atoms with E-state index < -0.39 is 0 Å². The molecule has 0 radical (unpaired) electrons. The fourth-order valence-corrected chi connectivity index (χ4v) is 5.19. The van der Waals surface area contributed by atoms with E-state index in [1.807, 2.05) is 50.2 Å². The standard InChI is InChI=1S/C28H36ClN3O2/c1-19(2)26(33)32-25-7-3-6-24(31-25)21-10-8-20(9-11-21)5-4-18-30-27(34)28(16-17-28)22-12-14-23(29)15-13-22/h3,6-7,12-15,19-21H,4-5,8-11,16-18H2,1-2H3,(H,30,34)(H,31,32,33). The molecular formula is C28H36ClN3O2. The summed E-state index contributed by atoms with van der Waals surface area (Å²) in [7, 11) is 0. The monoisotopic (exact) mass is 481 g/mol. The average molecular weight is 482 g/mol. The molecule has 2 aliphatic carbocycles. The van der Waals surface area contributed by atoms with E-state index in [-0.39, 0.29) is 23.1 Å². The second-order valence-electron chi connectivity index (χ2n) is 10.3. The van der Waals surface area contributed by atoms with E-state index in [1.165, 1.54) is 12.8 Å². The van der Waals surface area contributed by atoms with Crippen LogP contribution in [0.25, 0.3) is 0 Å². The summed E-state index contributed by atoms with van der Waals surface area (Å²) in [4.78, 5) is 29.5. The fraction of sp³-hybridized carbons (Fsp3) is 0.536. The molecule has 1 heterocycles. The van der Waals surface area contributed by atoms with Crippen LogP contribution in [0.5, 0.6) is 0 Å². The Bertz CT molecular complexity index is 993. The second kappa shape index (κ2) is 10.9. The number of aromatic nitrogens is 1. The summed E-state index contributed by atoms with van der Waals surface area (Å²) < 4.78 is 0. The number of nitrogens with one attached hydrogen (secondary N) is 2. The third kappa shape index (κ3) is 5.99. The number of halogens is 1. The molecule has 0 atom stereocenters. The van der Waals surface area contributed by atoms with Crippen LogP contribution in [0.4, 0.5) is 5.82 Å². The minimum absolute atomic E-state index is 0.00113. The highest BCUT2D eigenvalue weighted by molar-refractivity contribution is 6.30. The average Bonchev–Trinajstić information content (AvgIpc) is 3.65. The van der Waals surface area contributed by atoms with Crippen molar-refractivity contribution in [2.45, 2.75) is 76.5 Å². The molecule has 0 bridgehead atoms. The van der Waals surface area contributed by atoms with Gasteiger partial charge < -0.3 is 10.6 Å². The zero-order valence-corrected chi connectivity index (χ0v) is 21.0. The van der Waals surface area contributed by atoms with Gasteiger partial charge in [0.15, 0.2) is 0 Å². The number of carbonyl (C=O) groups excluding carboxylic acids is 2. The van der Waals surface area contributed by atoms with Crippen LogP contribution in [-0.4, -0.2) is 23.3 Å². The van der Waals surface area contributed by atoms with Crippen LogP contribution in [-0.2, 0) is 15.0 Å². The Morgan fingerprint density at radius 3 is 2.41 bits per heavy atom. The van der Waals surface area contributed by atoms with Crippen molar-refractivity contribution >= 4 is 29.2 Å². The van der Waals surface area contributed by atoms with Crippen molar-refractivity contribution in [3.8, 4) is 0 Å². The highest BCUT2D eigenvalue weighted by Gasteiger charge is 2.50. The number of hydrogen-bond acceptors (Lipinski definition) is 3. The lowest BCUT2D eigenvalue weighted by Crippen LogP contribution is -2.35. The number of nitrogens with zero attached hydrogens (tertiary/aromatic N) is 1. The zero-order valence-electron chi connectivity index (χ0n) is 20.3. The molecule has 2 amide bonds. The predicted octanol–water partition coefficient (Wildman–Crippen LogP) is 6.23. The molecule has 0 aliphatic heterocycles. The third-order valence-corrected chi connectivity index (χ3v) is 7.72. The van der Waals surface area contributed by atoms with Gasteiger partial charge in [0.05, 0.1) is 5.41 Å². The molecule has 0 unspecified atom stereocenters. The Kier molecular flexibility index (Phi) is 7.92. The SMILES string of the molecule is CC(C)C(=O)Nc1cccc(C2CCC(CCCNC(=O)C3(c4ccc(Cl)cc4)CC3)CC2)n1. The summed E-state index contributed by atoms with van der Waals surface area (Å²) in [5.41, 5.74) is 1.83. The Balaban J connectivity index is 1.18. The second-order valence-corrected chi connectivity index (χ2v) is 10.7. The number of hydrogen-bond donors (Lipinski definition) is 2. The van der Waals surface area contributed by atoms with Gasteiger partial charge in [0, 0.05) is 29.1 Å². The molecule has 0 saturated heterocycles. The van der Waals surface area contributed by atoms with Gasteiger partial charge in [-0.1, -0.05) is 43.6 Å². The first kappa shape index (κ1) is 24.7. The number of anilines is 1. The van der Waals surface area contributed by atoms with E-state index >= 15 is 0 Å². The third-order valence-electron chi connectivity index (χ3n) is 7.47. The quantitative estimate of drug-likeness (QED) is 0.417. The van der Waals surface area contributed by atoms with Crippen molar-refractivity contribution in [2.75, 3.05) is 11.9 Å². The van der Waals surface area contributed by atoms with E-state index in [2.05, 4.69) is 16.7 Å². The van der Waals surface area contributed by atoms with E-state index in [1.54, 1.807) is 0 Å². The highest BCUT2D eigenvalue weighted by Crippen LogP contribution is 2.48. The van der Waals surface area contributed by atoms with Crippen LogP contribution < -0.4 is 10.6 Å². The van der Waals surface area contributed by atoms with Gasteiger partial charge in [0.25, 0.3) is 0 Å². The van der Waals surface area contributed by atoms with Crippen LogP contribution in [0.1, 0.15) is 82.4 Å². The number of benzene rings is 1. The van der Waals surface area contributed by atoms with Gasteiger partial charge >= 0.3 is 0 Å². The van der Waals surface area contributed by atoms with Crippen LogP contribution in [0, 0.1) is 11.8 Å².